The van der Waals surface area contributed by atoms with Crippen molar-refractivity contribution in [1.82, 2.24) is 5.32 Å². The minimum Gasteiger partial charge on any atom is -0.481 e. The Labute approximate surface area is 103 Å². The van der Waals surface area contributed by atoms with Gasteiger partial charge in [0.15, 0.2) is 0 Å². The minimum absolute atomic E-state index is 0.0660. The number of hydrogen-bond donors (Lipinski definition) is 3. The molecule has 94 valence electrons. The van der Waals surface area contributed by atoms with Gasteiger partial charge in [-0.25, -0.2) is 0 Å². The van der Waals surface area contributed by atoms with Gasteiger partial charge in [0.05, 0.1) is 18.4 Å². The van der Waals surface area contributed by atoms with E-state index >= 15 is 0 Å². The molecule has 1 rings (SSSR count). The van der Waals surface area contributed by atoms with E-state index in [4.69, 9.17) is 5.11 Å². The number of carbonyl (C=O) groups is 2. The molecule has 0 fully saturated rings. The van der Waals surface area contributed by atoms with Crippen LogP contribution in [-0.4, -0.2) is 34.2 Å². The molecule has 0 radical (unpaired) electrons. The lowest BCUT2D eigenvalue weighted by atomic mass is 10.0. The molecule has 0 aliphatic rings. The second-order valence-corrected chi connectivity index (χ2v) is 5.13. The first-order chi connectivity index (χ1) is 7.89. The minimum atomic E-state index is -1.42. The lowest BCUT2D eigenvalue weighted by molar-refractivity contribution is -0.142. The summed E-state index contributed by atoms with van der Waals surface area (Å²) in [5.41, 5.74) is -1.42. The Morgan fingerprint density at radius 3 is 2.76 bits per heavy atom. The Hall–Kier alpha value is -1.40. The molecule has 1 unspecified atom stereocenters. The quantitative estimate of drug-likeness (QED) is 0.697. The highest BCUT2D eigenvalue weighted by Gasteiger charge is 2.24. The van der Waals surface area contributed by atoms with E-state index < -0.39 is 18.0 Å². The Balaban J connectivity index is 2.35. The first kappa shape index (κ1) is 13.7. The molecule has 0 bridgehead atoms. The molecular weight excluding hydrogens is 242 g/mol. The van der Waals surface area contributed by atoms with Gasteiger partial charge in [0.2, 0.25) is 5.91 Å². The van der Waals surface area contributed by atoms with Crippen LogP contribution >= 0.6 is 11.3 Å². The SMILES string of the molecule is CC(O)(CNC(=O)Cc1cccs1)CC(=O)O. The maximum atomic E-state index is 11.5. The van der Waals surface area contributed by atoms with Gasteiger partial charge in [-0.1, -0.05) is 6.07 Å². The van der Waals surface area contributed by atoms with Gasteiger partial charge in [-0.2, -0.15) is 0 Å². The fourth-order valence-corrected chi connectivity index (χ4v) is 2.01. The number of thiophene rings is 1. The molecule has 0 aromatic carbocycles. The molecule has 1 aromatic rings. The zero-order valence-corrected chi connectivity index (χ0v) is 10.3. The molecule has 0 aliphatic carbocycles. The molecule has 17 heavy (non-hydrogen) atoms. The van der Waals surface area contributed by atoms with Gasteiger partial charge in [-0.15, -0.1) is 11.3 Å². The van der Waals surface area contributed by atoms with Gasteiger partial charge < -0.3 is 15.5 Å². The summed E-state index contributed by atoms with van der Waals surface area (Å²) in [4.78, 5) is 22.9. The van der Waals surface area contributed by atoms with Crippen LogP contribution in [0, 0.1) is 0 Å². The summed E-state index contributed by atoms with van der Waals surface area (Å²) in [6.45, 7) is 1.32. The maximum absolute atomic E-state index is 11.5. The van der Waals surface area contributed by atoms with E-state index in [1.165, 1.54) is 18.3 Å². The molecule has 5 nitrogen and oxygen atoms in total. The molecule has 1 aromatic heterocycles. The summed E-state index contributed by atoms with van der Waals surface area (Å²) in [7, 11) is 0. The van der Waals surface area contributed by atoms with Crippen molar-refractivity contribution in [2.45, 2.75) is 25.4 Å². The van der Waals surface area contributed by atoms with Crippen LogP contribution in [-0.2, 0) is 16.0 Å². The molecule has 0 saturated carbocycles. The van der Waals surface area contributed by atoms with Crippen molar-refractivity contribution in [3.63, 3.8) is 0 Å². The van der Waals surface area contributed by atoms with Crippen LogP contribution < -0.4 is 5.32 Å². The molecule has 6 heteroatoms. The summed E-state index contributed by atoms with van der Waals surface area (Å²) in [6.07, 6.45) is -0.146. The average Bonchev–Trinajstić information content (AvgIpc) is 2.65. The Morgan fingerprint density at radius 1 is 1.53 bits per heavy atom. The lowest BCUT2D eigenvalue weighted by Crippen LogP contribution is -2.42. The number of nitrogens with one attached hydrogen (secondary N) is 1. The number of carbonyl (C=O) groups excluding carboxylic acids is 1. The smallest absolute Gasteiger partial charge is 0.306 e. The Morgan fingerprint density at radius 2 is 2.24 bits per heavy atom. The molecule has 1 heterocycles. The number of carboxylic acid groups (broad SMARTS) is 1. The first-order valence-electron chi connectivity index (χ1n) is 5.12. The van der Waals surface area contributed by atoms with E-state index in [-0.39, 0.29) is 18.9 Å². The number of hydrogen-bond acceptors (Lipinski definition) is 4. The van der Waals surface area contributed by atoms with Crippen molar-refractivity contribution in [2.24, 2.45) is 0 Å². The zero-order chi connectivity index (χ0) is 12.9. The van der Waals surface area contributed by atoms with Gasteiger partial charge in [-0.05, 0) is 18.4 Å². The van der Waals surface area contributed by atoms with Gasteiger partial charge in [0, 0.05) is 11.4 Å². The van der Waals surface area contributed by atoms with E-state index in [0.717, 1.165) is 4.88 Å². The predicted octanol–water partition coefficient (Wildman–Crippen LogP) is 0.632. The maximum Gasteiger partial charge on any atom is 0.306 e. The van der Waals surface area contributed by atoms with Crippen molar-refractivity contribution < 1.29 is 19.8 Å². The fraction of sp³-hybridized carbons (Fsp3) is 0.455. The highest BCUT2D eigenvalue weighted by molar-refractivity contribution is 7.10. The third-order valence-corrected chi connectivity index (χ3v) is 2.99. The summed E-state index contributed by atoms with van der Waals surface area (Å²) in [5.74, 6) is -1.32. The predicted molar refractivity (Wildman–Crippen MR) is 63.9 cm³/mol. The second kappa shape index (κ2) is 5.79. The number of carboxylic acids is 1. The normalized spacial score (nSPS) is 14.0. The molecule has 0 aliphatic heterocycles. The Kier molecular flexibility index (Phi) is 4.65. The van der Waals surface area contributed by atoms with Gasteiger partial charge in [0.1, 0.15) is 0 Å². The zero-order valence-electron chi connectivity index (χ0n) is 9.47. The number of amides is 1. The third kappa shape index (κ3) is 5.46. The van der Waals surface area contributed by atoms with Gasteiger partial charge in [-0.3, -0.25) is 9.59 Å². The van der Waals surface area contributed by atoms with Crippen molar-refractivity contribution in [3.05, 3.63) is 22.4 Å². The molecule has 1 atom stereocenters. The summed E-state index contributed by atoms with van der Waals surface area (Å²) in [5, 5.41) is 22.6. The van der Waals surface area contributed by atoms with Crippen LogP contribution in [0.2, 0.25) is 0 Å². The van der Waals surface area contributed by atoms with Crippen LogP contribution in [0.4, 0.5) is 0 Å². The largest absolute Gasteiger partial charge is 0.481 e. The summed E-state index contributed by atoms with van der Waals surface area (Å²) < 4.78 is 0. The third-order valence-electron chi connectivity index (χ3n) is 2.11. The van der Waals surface area contributed by atoms with Gasteiger partial charge in [0.25, 0.3) is 0 Å². The molecular formula is C11H15NO4S. The number of rotatable bonds is 6. The van der Waals surface area contributed by atoms with Crippen LogP contribution in [0.15, 0.2) is 17.5 Å². The molecule has 3 N–H and O–H groups in total. The van der Waals surface area contributed by atoms with E-state index in [1.807, 2.05) is 17.5 Å². The van der Waals surface area contributed by atoms with E-state index in [0.29, 0.717) is 0 Å². The standard InChI is InChI=1S/C11H15NO4S/c1-11(16,6-10(14)15)7-12-9(13)5-8-3-2-4-17-8/h2-4,16H,5-7H2,1H3,(H,12,13)(H,14,15). The fourth-order valence-electron chi connectivity index (χ4n) is 1.31. The van der Waals surface area contributed by atoms with Crippen molar-refractivity contribution >= 4 is 23.2 Å². The summed E-state index contributed by atoms with van der Waals surface area (Å²) in [6, 6.07) is 3.70. The van der Waals surface area contributed by atoms with Crippen LogP contribution in [0.1, 0.15) is 18.2 Å². The number of aliphatic hydroxyl groups is 1. The highest BCUT2D eigenvalue weighted by atomic mass is 32.1. The van der Waals surface area contributed by atoms with Crippen molar-refractivity contribution in [2.75, 3.05) is 6.54 Å². The first-order valence-corrected chi connectivity index (χ1v) is 6.00. The highest BCUT2D eigenvalue weighted by Crippen LogP contribution is 2.10. The average molecular weight is 257 g/mol. The van der Waals surface area contributed by atoms with Crippen LogP contribution in [0.3, 0.4) is 0 Å². The monoisotopic (exact) mass is 257 g/mol. The van der Waals surface area contributed by atoms with Crippen molar-refractivity contribution in [3.8, 4) is 0 Å². The van der Waals surface area contributed by atoms with Crippen LogP contribution in [0.25, 0.3) is 0 Å². The molecule has 0 spiro atoms. The molecule has 1 amide bonds. The summed E-state index contributed by atoms with van der Waals surface area (Å²) >= 11 is 1.48. The lowest BCUT2D eigenvalue weighted by Gasteiger charge is -2.21. The second-order valence-electron chi connectivity index (χ2n) is 4.10. The van der Waals surface area contributed by atoms with Crippen molar-refractivity contribution in [1.29, 1.82) is 0 Å². The van der Waals surface area contributed by atoms with Gasteiger partial charge >= 0.3 is 5.97 Å². The van der Waals surface area contributed by atoms with E-state index in [9.17, 15) is 14.7 Å². The topological polar surface area (TPSA) is 86.6 Å². The number of aliphatic carboxylic acids is 1. The van der Waals surface area contributed by atoms with Crippen LogP contribution in [0.5, 0.6) is 0 Å². The van der Waals surface area contributed by atoms with E-state index in [1.54, 1.807) is 0 Å². The molecule has 0 saturated heterocycles. The Bertz CT molecular complexity index is 386. The van der Waals surface area contributed by atoms with E-state index in [2.05, 4.69) is 5.32 Å².